The Morgan fingerprint density at radius 2 is 2.20 bits per heavy atom. The fourth-order valence-corrected chi connectivity index (χ4v) is 0.664. The third-order valence-electron chi connectivity index (χ3n) is 1.15. The molecule has 0 spiro atoms. The van der Waals surface area contributed by atoms with Gasteiger partial charge in [0.1, 0.15) is 0 Å². The molecule has 0 aliphatic heterocycles. The molecule has 0 amide bonds. The molecule has 1 heterocycles. The molecule has 0 saturated heterocycles. The first-order valence-electron chi connectivity index (χ1n) is 2.98. The van der Waals surface area contributed by atoms with Crippen LogP contribution >= 0.6 is 0 Å². The molecular formula is C8H13NO. The normalized spacial score (nSPS) is 8.50. The molecule has 0 saturated carbocycles. The maximum absolute atomic E-state index is 8.83. The summed E-state index contributed by atoms with van der Waals surface area (Å²) in [5.74, 6) is 0.106. The molecule has 0 unspecified atom stereocenters. The SMILES string of the molecule is C.CCc1cccc(O)n1. The van der Waals surface area contributed by atoms with E-state index in [2.05, 4.69) is 4.98 Å². The molecule has 0 bridgehead atoms. The molecule has 0 aliphatic rings. The van der Waals surface area contributed by atoms with Gasteiger partial charge in [0, 0.05) is 11.8 Å². The van der Waals surface area contributed by atoms with Gasteiger partial charge in [0.2, 0.25) is 5.88 Å². The van der Waals surface area contributed by atoms with Crippen molar-refractivity contribution in [1.29, 1.82) is 0 Å². The summed E-state index contributed by atoms with van der Waals surface area (Å²) in [5, 5.41) is 8.83. The Labute approximate surface area is 61.5 Å². The van der Waals surface area contributed by atoms with E-state index < -0.39 is 0 Å². The molecule has 56 valence electrons. The first-order valence-corrected chi connectivity index (χ1v) is 2.98. The van der Waals surface area contributed by atoms with Crippen LogP contribution in [0.3, 0.4) is 0 Å². The second-order valence-corrected chi connectivity index (χ2v) is 1.84. The van der Waals surface area contributed by atoms with Gasteiger partial charge in [-0.1, -0.05) is 20.4 Å². The Bertz CT molecular complexity index is 198. The first-order chi connectivity index (χ1) is 4.33. The lowest BCUT2D eigenvalue weighted by Gasteiger charge is -1.93. The van der Waals surface area contributed by atoms with E-state index in [1.165, 1.54) is 0 Å². The van der Waals surface area contributed by atoms with E-state index >= 15 is 0 Å². The number of hydrogen-bond acceptors (Lipinski definition) is 2. The Kier molecular flexibility index (Phi) is 3.47. The number of pyridine rings is 1. The predicted molar refractivity (Wildman–Crippen MR) is 42.0 cm³/mol. The standard InChI is InChI=1S/C7H9NO.CH4/c1-2-6-4-3-5-7(9)8-6;/h3-5H,2H2,1H3,(H,8,9);1H4. The van der Waals surface area contributed by atoms with Gasteiger partial charge in [-0.15, -0.1) is 0 Å². The molecule has 0 aliphatic carbocycles. The first kappa shape index (κ1) is 8.95. The summed E-state index contributed by atoms with van der Waals surface area (Å²) in [7, 11) is 0. The van der Waals surface area contributed by atoms with Crippen molar-refractivity contribution in [2.45, 2.75) is 20.8 Å². The quantitative estimate of drug-likeness (QED) is 0.645. The van der Waals surface area contributed by atoms with Crippen LogP contribution in [0.5, 0.6) is 5.88 Å². The summed E-state index contributed by atoms with van der Waals surface area (Å²) >= 11 is 0. The third kappa shape index (κ3) is 2.05. The minimum Gasteiger partial charge on any atom is -0.493 e. The van der Waals surface area contributed by atoms with E-state index in [-0.39, 0.29) is 13.3 Å². The van der Waals surface area contributed by atoms with Gasteiger partial charge in [0.25, 0.3) is 0 Å². The number of nitrogens with zero attached hydrogens (tertiary/aromatic N) is 1. The monoisotopic (exact) mass is 139 g/mol. The molecule has 0 aromatic carbocycles. The van der Waals surface area contributed by atoms with E-state index in [0.717, 1.165) is 12.1 Å². The lowest BCUT2D eigenvalue weighted by Crippen LogP contribution is -1.83. The highest BCUT2D eigenvalue weighted by atomic mass is 16.3. The number of rotatable bonds is 1. The molecule has 0 atom stereocenters. The fraction of sp³-hybridized carbons (Fsp3) is 0.375. The summed E-state index contributed by atoms with van der Waals surface area (Å²) in [6, 6.07) is 5.25. The molecule has 1 aromatic rings. The Balaban J connectivity index is 0.000000810. The minimum absolute atomic E-state index is 0. The lowest BCUT2D eigenvalue weighted by atomic mass is 10.3. The zero-order valence-corrected chi connectivity index (χ0v) is 5.33. The highest BCUT2D eigenvalue weighted by Gasteiger charge is 1.89. The van der Waals surface area contributed by atoms with Gasteiger partial charge >= 0.3 is 0 Å². The van der Waals surface area contributed by atoms with E-state index in [1.807, 2.05) is 13.0 Å². The highest BCUT2D eigenvalue weighted by molar-refractivity contribution is 5.13. The van der Waals surface area contributed by atoms with E-state index in [1.54, 1.807) is 12.1 Å². The summed E-state index contributed by atoms with van der Waals surface area (Å²) in [6.45, 7) is 2.00. The van der Waals surface area contributed by atoms with Gasteiger partial charge in [0.05, 0.1) is 0 Å². The fourth-order valence-electron chi connectivity index (χ4n) is 0.664. The molecular weight excluding hydrogens is 126 g/mol. The summed E-state index contributed by atoms with van der Waals surface area (Å²) in [5.41, 5.74) is 0.926. The maximum atomic E-state index is 8.83. The van der Waals surface area contributed by atoms with Gasteiger partial charge in [-0.3, -0.25) is 0 Å². The molecule has 2 nitrogen and oxygen atoms in total. The third-order valence-corrected chi connectivity index (χ3v) is 1.15. The molecule has 1 rings (SSSR count). The van der Waals surface area contributed by atoms with Crippen LogP contribution < -0.4 is 0 Å². The smallest absolute Gasteiger partial charge is 0.210 e. The molecule has 1 N–H and O–H groups in total. The molecule has 0 fully saturated rings. The summed E-state index contributed by atoms with van der Waals surface area (Å²) < 4.78 is 0. The lowest BCUT2D eigenvalue weighted by molar-refractivity contribution is 0.451. The van der Waals surface area contributed by atoms with Crippen molar-refractivity contribution in [1.82, 2.24) is 4.98 Å². The van der Waals surface area contributed by atoms with Gasteiger partial charge in [-0.2, -0.15) is 0 Å². The van der Waals surface area contributed by atoms with E-state index in [4.69, 9.17) is 5.11 Å². The Morgan fingerprint density at radius 1 is 1.50 bits per heavy atom. The van der Waals surface area contributed by atoms with Crippen molar-refractivity contribution in [3.8, 4) is 5.88 Å². The summed E-state index contributed by atoms with van der Waals surface area (Å²) in [4.78, 5) is 3.85. The average molecular weight is 139 g/mol. The zero-order chi connectivity index (χ0) is 6.69. The Hall–Kier alpha value is -1.05. The van der Waals surface area contributed by atoms with Crippen LogP contribution in [0.2, 0.25) is 0 Å². The van der Waals surface area contributed by atoms with Gasteiger partial charge in [-0.05, 0) is 12.5 Å². The van der Waals surface area contributed by atoms with Crippen LogP contribution in [0.4, 0.5) is 0 Å². The summed E-state index contributed by atoms with van der Waals surface area (Å²) in [6.07, 6.45) is 0.869. The van der Waals surface area contributed by atoms with Crippen LogP contribution in [-0.2, 0) is 6.42 Å². The largest absolute Gasteiger partial charge is 0.493 e. The second-order valence-electron chi connectivity index (χ2n) is 1.84. The van der Waals surface area contributed by atoms with Crippen LogP contribution in [0.15, 0.2) is 18.2 Å². The van der Waals surface area contributed by atoms with Crippen molar-refractivity contribution >= 4 is 0 Å². The Morgan fingerprint density at radius 3 is 2.60 bits per heavy atom. The molecule has 10 heavy (non-hydrogen) atoms. The number of aromatic hydroxyl groups is 1. The van der Waals surface area contributed by atoms with Crippen molar-refractivity contribution in [3.05, 3.63) is 23.9 Å². The van der Waals surface area contributed by atoms with Crippen LogP contribution in [0.1, 0.15) is 20.0 Å². The van der Waals surface area contributed by atoms with Crippen LogP contribution in [-0.4, -0.2) is 10.1 Å². The van der Waals surface area contributed by atoms with Crippen molar-refractivity contribution < 1.29 is 5.11 Å². The van der Waals surface area contributed by atoms with Crippen LogP contribution in [0.25, 0.3) is 0 Å². The average Bonchev–Trinajstić information content (AvgIpc) is 1.88. The number of hydrogen-bond donors (Lipinski definition) is 1. The van der Waals surface area contributed by atoms with Gasteiger partial charge in [-0.25, -0.2) is 4.98 Å². The second kappa shape index (κ2) is 3.88. The number of aromatic nitrogens is 1. The van der Waals surface area contributed by atoms with Crippen molar-refractivity contribution in [2.24, 2.45) is 0 Å². The number of aryl methyl sites for hydroxylation is 1. The highest BCUT2D eigenvalue weighted by Crippen LogP contribution is 2.04. The minimum atomic E-state index is 0. The molecule has 2 heteroatoms. The van der Waals surface area contributed by atoms with Gasteiger partial charge < -0.3 is 5.11 Å². The molecule has 0 radical (unpaired) electrons. The van der Waals surface area contributed by atoms with E-state index in [0.29, 0.717) is 0 Å². The maximum Gasteiger partial charge on any atom is 0.210 e. The predicted octanol–water partition coefficient (Wildman–Crippen LogP) is 1.99. The zero-order valence-electron chi connectivity index (χ0n) is 5.33. The van der Waals surface area contributed by atoms with Crippen molar-refractivity contribution in [3.63, 3.8) is 0 Å². The van der Waals surface area contributed by atoms with Crippen molar-refractivity contribution in [2.75, 3.05) is 0 Å². The van der Waals surface area contributed by atoms with Crippen LogP contribution in [0, 0.1) is 0 Å². The van der Waals surface area contributed by atoms with E-state index in [9.17, 15) is 0 Å². The molecule has 1 aromatic heterocycles. The van der Waals surface area contributed by atoms with Gasteiger partial charge in [0.15, 0.2) is 0 Å². The topological polar surface area (TPSA) is 33.1 Å².